The van der Waals surface area contributed by atoms with Crippen molar-refractivity contribution in [3.05, 3.63) is 5.82 Å². The molecule has 1 saturated heterocycles. The first-order chi connectivity index (χ1) is 8.25. The van der Waals surface area contributed by atoms with Crippen molar-refractivity contribution in [1.29, 1.82) is 0 Å². The summed E-state index contributed by atoms with van der Waals surface area (Å²) in [7, 11) is 0. The number of hydrogen-bond donors (Lipinski definition) is 3. The Bertz CT molecular complexity index is 356. The van der Waals surface area contributed by atoms with Crippen molar-refractivity contribution in [3.63, 3.8) is 0 Å². The monoisotopic (exact) mass is 241 g/mol. The normalized spacial score (nSPS) is 24.7. The van der Waals surface area contributed by atoms with Gasteiger partial charge in [0.1, 0.15) is 12.6 Å². The molecule has 3 N–H and O–H groups in total. The summed E-state index contributed by atoms with van der Waals surface area (Å²) in [4.78, 5) is 10.8. The zero-order valence-electron chi connectivity index (χ0n) is 9.30. The standard InChI is InChI=1S/C9H15N5O3/c15-9(16)7-3-6(1-2-10-7)4-17-5-8-11-13-14-12-8/h6-7,10H,1-5H2,(H,15,16)(H,11,12,13,14)/t6?,7-/m0/s1. The van der Waals surface area contributed by atoms with Crippen molar-refractivity contribution in [1.82, 2.24) is 25.9 Å². The lowest BCUT2D eigenvalue weighted by Crippen LogP contribution is -2.44. The molecule has 0 aliphatic carbocycles. The van der Waals surface area contributed by atoms with E-state index in [4.69, 9.17) is 9.84 Å². The van der Waals surface area contributed by atoms with Crippen LogP contribution in [-0.4, -0.2) is 50.9 Å². The van der Waals surface area contributed by atoms with E-state index in [0.717, 1.165) is 13.0 Å². The predicted octanol–water partition coefficient (Wildman–Crippen LogP) is -0.831. The van der Waals surface area contributed by atoms with E-state index in [-0.39, 0.29) is 5.92 Å². The van der Waals surface area contributed by atoms with Crippen LogP contribution in [0.4, 0.5) is 0 Å². The number of nitrogens with one attached hydrogen (secondary N) is 2. The van der Waals surface area contributed by atoms with E-state index in [1.54, 1.807) is 0 Å². The van der Waals surface area contributed by atoms with Crippen LogP contribution in [0.3, 0.4) is 0 Å². The number of nitrogens with zero attached hydrogens (tertiary/aromatic N) is 3. The Hall–Kier alpha value is -1.54. The fourth-order valence-corrected chi connectivity index (χ4v) is 1.90. The molecule has 8 heteroatoms. The summed E-state index contributed by atoms with van der Waals surface area (Å²) >= 11 is 0. The molecule has 1 aliphatic heterocycles. The lowest BCUT2D eigenvalue weighted by molar-refractivity contribution is -0.140. The second-order valence-corrected chi connectivity index (χ2v) is 4.10. The minimum Gasteiger partial charge on any atom is -0.480 e. The maximum atomic E-state index is 10.8. The van der Waals surface area contributed by atoms with Crippen LogP contribution in [0.15, 0.2) is 0 Å². The van der Waals surface area contributed by atoms with Crippen LogP contribution in [0.25, 0.3) is 0 Å². The van der Waals surface area contributed by atoms with Crippen LogP contribution >= 0.6 is 0 Å². The van der Waals surface area contributed by atoms with Gasteiger partial charge in [0.2, 0.25) is 0 Å². The number of carbonyl (C=O) groups is 1. The van der Waals surface area contributed by atoms with Crippen LogP contribution in [-0.2, 0) is 16.1 Å². The predicted molar refractivity (Wildman–Crippen MR) is 56.0 cm³/mol. The quantitative estimate of drug-likeness (QED) is 0.616. The summed E-state index contributed by atoms with van der Waals surface area (Å²) in [6.45, 7) is 1.58. The van der Waals surface area contributed by atoms with Gasteiger partial charge in [0.05, 0.1) is 6.61 Å². The van der Waals surface area contributed by atoms with E-state index in [2.05, 4.69) is 25.9 Å². The Morgan fingerprint density at radius 2 is 2.47 bits per heavy atom. The second-order valence-electron chi connectivity index (χ2n) is 4.10. The van der Waals surface area contributed by atoms with Crippen LogP contribution in [0.1, 0.15) is 18.7 Å². The van der Waals surface area contributed by atoms with Crippen molar-refractivity contribution < 1.29 is 14.6 Å². The average molecular weight is 241 g/mol. The highest BCUT2D eigenvalue weighted by atomic mass is 16.5. The molecule has 0 saturated carbocycles. The number of piperidine rings is 1. The van der Waals surface area contributed by atoms with Crippen molar-refractivity contribution in [2.24, 2.45) is 5.92 Å². The average Bonchev–Trinajstić information content (AvgIpc) is 2.82. The van der Waals surface area contributed by atoms with Crippen LogP contribution in [0, 0.1) is 5.92 Å². The summed E-state index contributed by atoms with van der Waals surface area (Å²) in [6, 6.07) is -0.454. The smallest absolute Gasteiger partial charge is 0.320 e. The molecule has 2 rings (SSSR count). The number of aromatic amines is 1. The molecule has 0 amide bonds. The highest BCUT2D eigenvalue weighted by Crippen LogP contribution is 2.17. The van der Waals surface area contributed by atoms with Gasteiger partial charge in [-0.1, -0.05) is 0 Å². The van der Waals surface area contributed by atoms with E-state index in [1.807, 2.05) is 0 Å². The number of ether oxygens (including phenoxy) is 1. The summed E-state index contributed by atoms with van der Waals surface area (Å²) < 4.78 is 5.45. The van der Waals surface area contributed by atoms with Gasteiger partial charge < -0.3 is 15.2 Å². The molecule has 94 valence electrons. The van der Waals surface area contributed by atoms with Crippen molar-refractivity contribution >= 4 is 5.97 Å². The molecule has 2 heterocycles. The molecule has 2 atom stereocenters. The molecule has 0 bridgehead atoms. The largest absolute Gasteiger partial charge is 0.480 e. The minimum atomic E-state index is -0.797. The maximum Gasteiger partial charge on any atom is 0.320 e. The van der Waals surface area contributed by atoms with Gasteiger partial charge in [-0.05, 0) is 35.7 Å². The zero-order chi connectivity index (χ0) is 12.1. The first-order valence-corrected chi connectivity index (χ1v) is 5.52. The molecular formula is C9H15N5O3. The highest BCUT2D eigenvalue weighted by molar-refractivity contribution is 5.73. The fourth-order valence-electron chi connectivity index (χ4n) is 1.90. The number of carboxylic acid groups (broad SMARTS) is 1. The van der Waals surface area contributed by atoms with Crippen molar-refractivity contribution in [2.75, 3.05) is 13.2 Å². The van der Waals surface area contributed by atoms with Crippen LogP contribution in [0.2, 0.25) is 0 Å². The van der Waals surface area contributed by atoms with Gasteiger partial charge in [-0.3, -0.25) is 4.79 Å². The van der Waals surface area contributed by atoms with Gasteiger partial charge in [0.25, 0.3) is 0 Å². The summed E-state index contributed by atoms with van der Waals surface area (Å²) in [5.41, 5.74) is 0. The first-order valence-electron chi connectivity index (χ1n) is 5.52. The van der Waals surface area contributed by atoms with Gasteiger partial charge in [0, 0.05) is 0 Å². The Kier molecular flexibility index (Phi) is 3.99. The van der Waals surface area contributed by atoms with Gasteiger partial charge >= 0.3 is 5.97 Å². The van der Waals surface area contributed by atoms with Gasteiger partial charge in [-0.2, -0.15) is 0 Å². The molecule has 0 spiro atoms. The zero-order valence-corrected chi connectivity index (χ0v) is 9.30. The summed E-state index contributed by atoms with van der Waals surface area (Å²) in [5.74, 6) is 0.0519. The van der Waals surface area contributed by atoms with Crippen LogP contribution < -0.4 is 5.32 Å². The Labute approximate surface area is 97.7 Å². The molecule has 17 heavy (non-hydrogen) atoms. The Morgan fingerprint density at radius 3 is 3.18 bits per heavy atom. The maximum absolute atomic E-state index is 10.8. The van der Waals surface area contributed by atoms with E-state index in [9.17, 15) is 4.79 Å². The lowest BCUT2D eigenvalue weighted by atomic mass is 9.93. The SMILES string of the molecule is O=C(O)[C@@H]1CC(COCc2nnn[nH]2)CCN1. The molecule has 8 nitrogen and oxygen atoms in total. The molecule has 1 unspecified atom stereocenters. The molecule has 1 fully saturated rings. The highest BCUT2D eigenvalue weighted by Gasteiger charge is 2.26. The number of rotatable bonds is 5. The van der Waals surface area contributed by atoms with Crippen molar-refractivity contribution in [3.8, 4) is 0 Å². The molecule has 1 aromatic rings. The third kappa shape index (κ3) is 3.46. The molecule has 0 aromatic carbocycles. The summed E-state index contributed by atoms with van der Waals surface area (Å²) in [5, 5.41) is 25.0. The number of tetrazole rings is 1. The van der Waals surface area contributed by atoms with Gasteiger partial charge in [0.15, 0.2) is 5.82 Å². The first kappa shape index (κ1) is 11.9. The molecule has 1 aromatic heterocycles. The summed E-state index contributed by atoms with van der Waals surface area (Å²) in [6.07, 6.45) is 1.53. The van der Waals surface area contributed by atoms with E-state index in [1.165, 1.54) is 0 Å². The van der Waals surface area contributed by atoms with Gasteiger partial charge in [-0.15, -0.1) is 5.10 Å². The fraction of sp³-hybridized carbons (Fsp3) is 0.778. The number of aliphatic carboxylic acids is 1. The number of hydrogen-bond acceptors (Lipinski definition) is 6. The Morgan fingerprint density at radius 1 is 1.59 bits per heavy atom. The number of H-pyrrole nitrogens is 1. The topological polar surface area (TPSA) is 113 Å². The molecular weight excluding hydrogens is 226 g/mol. The van der Waals surface area contributed by atoms with E-state index < -0.39 is 12.0 Å². The molecule has 1 aliphatic rings. The van der Waals surface area contributed by atoms with E-state index >= 15 is 0 Å². The Balaban J connectivity index is 1.70. The second kappa shape index (κ2) is 5.69. The minimum absolute atomic E-state index is 0.272. The van der Waals surface area contributed by atoms with Crippen molar-refractivity contribution in [2.45, 2.75) is 25.5 Å². The van der Waals surface area contributed by atoms with E-state index in [0.29, 0.717) is 25.5 Å². The molecule has 0 radical (unpaired) electrons. The third-order valence-electron chi connectivity index (χ3n) is 2.79. The third-order valence-corrected chi connectivity index (χ3v) is 2.79. The van der Waals surface area contributed by atoms with Crippen LogP contribution in [0.5, 0.6) is 0 Å². The number of aromatic nitrogens is 4. The van der Waals surface area contributed by atoms with Gasteiger partial charge in [-0.25, -0.2) is 5.10 Å². The number of carboxylic acids is 1. The lowest BCUT2D eigenvalue weighted by Gasteiger charge is -2.27.